The van der Waals surface area contributed by atoms with E-state index in [-0.39, 0.29) is 23.3 Å². The zero-order valence-corrected chi connectivity index (χ0v) is 19.4. The van der Waals surface area contributed by atoms with E-state index >= 15 is 0 Å². The molecule has 1 spiro atoms. The second kappa shape index (κ2) is 7.87. The number of hydrogen-bond donors (Lipinski definition) is 1. The molecule has 5 rings (SSSR count). The summed E-state index contributed by atoms with van der Waals surface area (Å²) in [6.07, 6.45) is 5.43. The van der Waals surface area contributed by atoms with Gasteiger partial charge in [0.05, 0.1) is 6.67 Å². The minimum atomic E-state index is -0.700. The maximum atomic E-state index is 13.4. The highest BCUT2D eigenvalue weighted by Gasteiger charge is 2.53. The summed E-state index contributed by atoms with van der Waals surface area (Å²) in [7, 11) is 0. The lowest BCUT2D eigenvalue weighted by molar-refractivity contribution is -0.134. The van der Waals surface area contributed by atoms with E-state index in [0.717, 1.165) is 68.6 Å². The SMILES string of the molecule is CC(C)(C)C1CCC2(CC1)NC(=O)N(CN1CCCC(c3nc4ccccc4o3)C1)C2=O. The van der Waals surface area contributed by atoms with E-state index in [1.54, 1.807) is 0 Å². The number of urea groups is 1. The third-order valence-electron chi connectivity index (χ3n) is 7.82. The molecule has 1 N–H and O–H groups in total. The Kier molecular flexibility index (Phi) is 5.27. The van der Waals surface area contributed by atoms with E-state index in [0.29, 0.717) is 12.6 Å². The van der Waals surface area contributed by atoms with Gasteiger partial charge >= 0.3 is 6.03 Å². The summed E-state index contributed by atoms with van der Waals surface area (Å²) < 4.78 is 6.00. The quantitative estimate of drug-likeness (QED) is 0.714. The van der Waals surface area contributed by atoms with Gasteiger partial charge in [-0.2, -0.15) is 0 Å². The highest BCUT2D eigenvalue weighted by Crippen LogP contribution is 2.43. The average molecular weight is 439 g/mol. The number of amides is 3. The van der Waals surface area contributed by atoms with Crippen molar-refractivity contribution in [3.63, 3.8) is 0 Å². The van der Waals surface area contributed by atoms with Gasteiger partial charge in [-0.3, -0.25) is 9.69 Å². The van der Waals surface area contributed by atoms with E-state index in [2.05, 4.69) is 36.0 Å². The molecule has 1 aliphatic carbocycles. The molecule has 2 aromatic rings. The van der Waals surface area contributed by atoms with Crippen LogP contribution in [-0.2, 0) is 4.79 Å². The molecule has 172 valence electrons. The number of carbonyl (C=O) groups is 2. The van der Waals surface area contributed by atoms with Crippen LogP contribution in [0.5, 0.6) is 0 Å². The van der Waals surface area contributed by atoms with Gasteiger partial charge in [-0.25, -0.2) is 14.7 Å². The van der Waals surface area contributed by atoms with Crippen LogP contribution in [0.2, 0.25) is 0 Å². The molecule has 3 amide bonds. The number of nitrogens with zero attached hydrogens (tertiary/aromatic N) is 3. The first kappa shape index (κ1) is 21.4. The lowest BCUT2D eigenvalue weighted by atomic mass is 9.67. The number of rotatable bonds is 3. The number of nitrogens with one attached hydrogen (secondary N) is 1. The lowest BCUT2D eigenvalue weighted by Crippen LogP contribution is -2.51. The maximum Gasteiger partial charge on any atom is 0.326 e. The fourth-order valence-electron chi connectivity index (χ4n) is 5.77. The van der Waals surface area contributed by atoms with Gasteiger partial charge < -0.3 is 9.73 Å². The summed E-state index contributed by atoms with van der Waals surface area (Å²) in [5.74, 6) is 1.48. The van der Waals surface area contributed by atoms with Crippen molar-refractivity contribution in [1.29, 1.82) is 0 Å². The molecule has 1 saturated carbocycles. The highest BCUT2D eigenvalue weighted by molar-refractivity contribution is 6.07. The minimum Gasteiger partial charge on any atom is -0.440 e. The Morgan fingerprint density at radius 1 is 1.16 bits per heavy atom. The summed E-state index contributed by atoms with van der Waals surface area (Å²) in [6, 6.07) is 7.57. The number of aromatic nitrogens is 1. The first-order chi connectivity index (χ1) is 15.2. The molecule has 2 saturated heterocycles. The standard InChI is InChI=1S/C25H34N4O3/c1-24(2,3)18-10-12-25(13-11-18)22(30)29(23(31)27-25)16-28-14-6-7-17(15-28)21-26-19-8-4-5-9-20(19)32-21/h4-5,8-9,17-18H,6-7,10-16H2,1-3H3,(H,27,31). The zero-order chi connectivity index (χ0) is 22.5. The van der Waals surface area contributed by atoms with Crippen molar-refractivity contribution in [1.82, 2.24) is 20.1 Å². The summed E-state index contributed by atoms with van der Waals surface area (Å²) >= 11 is 0. The van der Waals surface area contributed by atoms with Gasteiger partial charge in [-0.15, -0.1) is 0 Å². The molecule has 7 nitrogen and oxygen atoms in total. The van der Waals surface area contributed by atoms with Gasteiger partial charge in [0, 0.05) is 12.5 Å². The number of likely N-dealkylation sites (tertiary alicyclic amines) is 1. The van der Waals surface area contributed by atoms with Crippen LogP contribution >= 0.6 is 0 Å². The van der Waals surface area contributed by atoms with Crippen molar-refractivity contribution in [3.8, 4) is 0 Å². The predicted octanol–water partition coefficient (Wildman–Crippen LogP) is 4.49. The number of oxazole rings is 1. The number of carbonyl (C=O) groups excluding carboxylic acids is 2. The Labute approximate surface area is 189 Å². The van der Waals surface area contributed by atoms with E-state index in [9.17, 15) is 9.59 Å². The smallest absolute Gasteiger partial charge is 0.326 e. The van der Waals surface area contributed by atoms with Crippen molar-refractivity contribution in [2.75, 3.05) is 19.8 Å². The maximum absolute atomic E-state index is 13.4. The monoisotopic (exact) mass is 438 g/mol. The first-order valence-electron chi connectivity index (χ1n) is 12.0. The molecular formula is C25H34N4O3. The summed E-state index contributed by atoms with van der Waals surface area (Å²) in [5, 5.41) is 3.07. The second-order valence-electron chi connectivity index (χ2n) is 11.0. The van der Waals surface area contributed by atoms with E-state index < -0.39 is 5.54 Å². The molecular weight excluding hydrogens is 404 g/mol. The molecule has 2 aliphatic heterocycles. The predicted molar refractivity (Wildman–Crippen MR) is 122 cm³/mol. The molecule has 1 unspecified atom stereocenters. The molecule has 1 atom stereocenters. The fraction of sp³-hybridized carbons (Fsp3) is 0.640. The van der Waals surface area contributed by atoms with Crippen LogP contribution in [0.3, 0.4) is 0 Å². The van der Waals surface area contributed by atoms with E-state index in [1.165, 1.54) is 4.90 Å². The molecule has 0 bridgehead atoms. The number of fused-ring (bicyclic) bond motifs is 1. The summed E-state index contributed by atoms with van der Waals surface area (Å²) in [6.45, 7) is 8.74. The number of imide groups is 1. The van der Waals surface area contributed by atoms with Crippen molar-refractivity contribution < 1.29 is 14.0 Å². The largest absolute Gasteiger partial charge is 0.440 e. The molecule has 3 heterocycles. The van der Waals surface area contributed by atoms with Crippen LogP contribution in [0.15, 0.2) is 28.7 Å². The minimum absolute atomic E-state index is 0.0427. The van der Waals surface area contributed by atoms with Crippen molar-refractivity contribution in [3.05, 3.63) is 30.2 Å². The Hall–Kier alpha value is -2.41. The Morgan fingerprint density at radius 3 is 2.62 bits per heavy atom. The van der Waals surface area contributed by atoms with E-state index in [4.69, 9.17) is 4.42 Å². The summed E-state index contributed by atoms with van der Waals surface area (Å²) in [5.41, 5.74) is 1.22. The molecule has 32 heavy (non-hydrogen) atoms. The van der Waals surface area contributed by atoms with Gasteiger partial charge in [0.25, 0.3) is 5.91 Å². The Morgan fingerprint density at radius 2 is 1.91 bits per heavy atom. The molecule has 7 heteroatoms. The van der Waals surface area contributed by atoms with E-state index in [1.807, 2.05) is 24.3 Å². The van der Waals surface area contributed by atoms with Gasteiger partial charge in [0.15, 0.2) is 11.5 Å². The van der Waals surface area contributed by atoms with Crippen LogP contribution in [-0.4, -0.2) is 52.0 Å². The number of para-hydroxylation sites is 2. The molecule has 3 aliphatic rings. The van der Waals surface area contributed by atoms with Crippen LogP contribution in [0.25, 0.3) is 11.1 Å². The average Bonchev–Trinajstić information content (AvgIpc) is 3.29. The topological polar surface area (TPSA) is 78.7 Å². The number of piperidine rings is 1. The highest BCUT2D eigenvalue weighted by atomic mass is 16.3. The third kappa shape index (κ3) is 3.81. The second-order valence-corrected chi connectivity index (χ2v) is 11.0. The lowest BCUT2D eigenvalue weighted by Gasteiger charge is -2.40. The Balaban J connectivity index is 1.25. The fourth-order valence-corrected chi connectivity index (χ4v) is 5.77. The zero-order valence-electron chi connectivity index (χ0n) is 19.4. The number of benzene rings is 1. The van der Waals surface area contributed by atoms with Crippen LogP contribution in [0.1, 0.15) is 71.1 Å². The van der Waals surface area contributed by atoms with Crippen molar-refractivity contribution in [2.45, 2.75) is 70.8 Å². The molecule has 1 aromatic heterocycles. The molecule has 1 aromatic carbocycles. The van der Waals surface area contributed by atoms with Crippen molar-refractivity contribution >= 4 is 23.0 Å². The molecule has 0 radical (unpaired) electrons. The third-order valence-corrected chi connectivity index (χ3v) is 7.82. The van der Waals surface area contributed by atoms with Crippen molar-refractivity contribution in [2.24, 2.45) is 11.3 Å². The molecule has 3 fully saturated rings. The summed E-state index contributed by atoms with van der Waals surface area (Å²) in [4.78, 5) is 34.5. The number of hydrogen-bond acceptors (Lipinski definition) is 5. The van der Waals surface area contributed by atoms with Gasteiger partial charge in [0.2, 0.25) is 0 Å². The first-order valence-corrected chi connectivity index (χ1v) is 12.0. The van der Waals surface area contributed by atoms with Gasteiger partial charge in [-0.1, -0.05) is 32.9 Å². The Bertz CT molecular complexity index is 983. The van der Waals surface area contributed by atoms with Gasteiger partial charge in [0.1, 0.15) is 11.1 Å². The normalized spacial score (nSPS) is 29.8. The van der Waals surface area contributed by atoms with Crippen LogP contribution in [0.4, 0.5) is 4.79 Å². The van der Waals surface area contributed by atoms with Crippen LogP contribution in [0, 0.1) is 11.3 Å². The van der Waals surface area contributed by atoms with Crippen LogP contribution < -0.4 is 5.32 Å². The van der Waals surface area contributed by atoms with Gasteiger partial charge in [-0.05, 0) is 68.5 Å².